The van der Waals surface area contributed by atoms with E-state index >= 15 is 0 Å². The van der Waals surface area contributed by atoms with Crippen molar-refractivity contribution in [2.75, 3.05) is 18.4 Å². The van der Waals surface area contributed by atoms with Gasteiger partial charge in [0, 0.05) is 23.8 Å². The molecule has 6 heteroatoms. The van der Waals surface area contributed by atoms with Gasteiger partial charge < -0.3 is 10.6 Å². The largest absolute Gasteiger partial charge is 0.378 e. The minimum absolute atomic E-state index is 0.0236. The Balaban J connectivity index is 2.29. The summed E-state index contributed by atoms with van der Waals surface area (Å²) in [6.07, 6.45) is 1.01. The number of anilines is 1. The molecule has 1 aromatic carbocycles. The molecule has 0 amide bonds. The number of rotatable bonds is 3. The van der Waals surface area contributed by atoms with Crippen LogP contribution in [0, 0.1) is 17.0 Å². The van der Waals surface area contributed by atoms with Crippen molar-refractivity contribution in [3.8, 4) is 0 Å². The normalized spacial score (nSPS) is 23.1. The maximum Gasteiger partial charge on any atom is 0.288 e. The fourth-order valence-corrected chi connectivity index (χ4v) is 2.42. The van der Waals surface area contributed by atoms with Crippen LogP contribution in [-0.4, -0.2) is 23.6 Å². The third-order valence-corrected chi connectivity index (χ3v) is 3.60. The van der Waals surface area contributed by atoms with Gasteiger partial charge in [0.2, 0.25) is 0 Å². The molecule has 1 aliphatic heterocycles. The molecule has 0 radical (unpaired) electrons. The summed E-state index contributed by atoms with van der Waals surface area (Å²) in [7, 11) is 0. The van der Waals surface area contributed by atoms with Gasteiger partial charge in [-0.2, -0.15) is 0 Å². The summed E-state index contributed by atoms with van der Waals surface area (Å²) in [4.78, 5) is 10.3. The minimum Gasteiger partial charge on any atom is -0.378 e. The molecule has 1 saturated heterocycles. The van der Waals surface area contributed by atoms with E-state index in [-0.39, 0.29) is 16.2 Å². The Hall–Kier alpha value is -1.33. The maximum absolute atomic E-state index is 10.8. The molecule has 0 bridgehead atoms. The molecule has 2 N–H and O–H groups in total. The van der Waals surface area contributed by atoms with Crippen molar-refractivity contribution in [2.24, 2.45) is 0 Å². The monoisotopic (exact) mass is 269 g/mol. The molecule has 1 unspecified atom stereocenters. The Kier molecular flexibility index (Phi) is 3.45. The zero-order chi connectivity index (χ0) is 13.3. The smallest absolute Gasteiger partial charge is 0.288 e. The van der Waals surface area contributed by atoms with Gasteiger partial charge in [-0.3, -0.25) is 10.1 Å². The van der Waals surface area contributed by atoms with E-state index in [0.717, 1.165) is 30.8 Å². The van der Waals surface area contributed by atoms with Crippen molar-refractivity contribution in [3.63, 3.8) is 0 Å². The van der Waals surface area contributed by atoms with E-state index in [4.69, 9.17) is 11.6 Å². The van der Waals surface area contributed by atoms with Crippen molar-refractivity contribution in [2.45, 2.75) is 25.8 Å². The Bertz CT molecular complexity index is 484. The quantitative estimate of drug-likeness (QED) is 0.654. The standard InChI is InChI=1S/C12H16ClN3O2/c1-8-5-11(16(17)18)9(13)6-10(8)15-12(2)3-4-14-7-12/h5-6,14-15H,3-4,7H2,1-2H3. The number of aryl methyl sites for hydroxylation is 1. The van der Waals surface area contributed by atoms with Crippen LogP contribution < -0.4 is 10.6 Å². The van der Waals surface area contributed by atoms with E-state index in [9.17, 15) is 10.1 Å². The van der Waals surface area contributed by atoms with E-state index in [1.54, 1.807) is 6.07 Å². The highest BCUT2D eigenvalue weighted by Crippen LogP contribution is 2.32. The van der Waals surface area contributed by atoms with Crippen LogP contribution in [0.5, 0.6) is 0 Å². The highest BCUT2D eigenvalue weighted by molar-refractivity contribution is 6.33. The van der Waals surface area contributed by atoms with Crippen LogP contribution in [0.25, 0.3) is 0 Å². The first-order valence-corrected chi connectivity index (χ1v) is 6.22. The fraction of sp³-hybridized carbons (Fsp3) is 0.500. The van der Waals surface area contributed by atoms with Crippen LogP contribution in [0.4, 0.5) is 11.4 Å². The van der Waals surface area contributed by atoms with Gasteiger partial charge in [0.05, 0.1) is 4.92 Å². The molecule has 0 aromatic heterocycles. The molecule has 0 aliphatic carbocycles. The van der Waals surface area contributed by atoms with Crippen LogP contribution in [-0.2, 0) is 0 Å². The summed E-state index contributed by atoms with van der Waals surface area (Å²) in [6, 6.07) is 3.15. The van der Waals surface area contributed by atoms with Crippen molar-refractivity contribution in [1.29, 1.82) is 0 Å². The first-order chi connectivity index (χ1) is 8.41. The second-order valence-corrected chi connectivity index (χ2v) is 5.40. The molecule has 0 saturated carbocycles. The van der Waals surface area contributed by atoms with Crippen LogP contribution >= 0.6 is 11.6 Å². The van der Waals surface area contributed by atoms with Gasteiger partial charge in [0.1, 0.15) is 5.02 Å². The maximum atomic E-state index is 10.8. The molecule has 1 aliphatic rings. The topological polar surface area (TPSA) is 67.2 Å². The molecule has 98 valence electrons. The zero-order valence-corrected chi connectivity index (χ0v) is 11.2. The number of benzene rings is 1. The Labute approximate surface area is 111 Å². The van der Waals surface area contributed by atoms with Gasteiger partial charge in [-0.1, -0.05) is 11.6 Å². The average molecular weight is 270 g/mol. The Morgan fingerprint density at radius 2 is 2.28 bits per heavy atom. The number of nitro benzene ring substituents is 1. The lowest BCUT2D eigenvalue weighted by atomic mass is 10.0. The SMILES string of the molecule is Cc1cc([N+](=O)[O-])c(Cl)cc1NC1(C)CCNC1. The summed E-state index contributed by atoms with van der Waals surface area (Å²) in [5.74, 6) is 0. The summed E-state index contributed by atoms with van der Waals surface area (Å²) in [5, 5.41) is 17.7. The van der Waals surface area contributed by atoms with Crippen molar-refractivity contribution < 1.29 is 4.92 Å². The first-order valence-electron chi connectivity index (χ1n) is 5.85. The van der Waals surface area contributed by atoms with Crippen LogP contribution in [0.2, 0.25) is 5.02 Å². The molecule has 1 aromatic rings. The lowest BCUT2D eigenvalue weighted by Crippen LogP contribution is -2.37. The summed E-state index contributed by atoms with van der Waals surface area (Å²) in [6.45, 7) is 5.82. The molecule has 5 nitrogen and oxygen atoms in total. The first kappa shape index (κ1) is 13.1. The van der Waals surface area contributed by atoms with Gasteiger partial charge in [0.15, 0.2) is 0 Å². The average Bonchev–Trinajstić information content (AvgIpc) is 2.69. The van der Waals surface area contributed by atoms with Gasteiger partial charge in [-0.15, -0.1) is 0 Å². The third kappa shape index (κ3) is 2.57. The van der Waals surface area contributed by atoms with E-state index in [1.165, 1.54) is 6.07 Å². The minimum atomic E-state index is -0.460. The second-order valence-electron chi connectivity index (χ2n) is 4.99. The van der Waals surface area contributed by atoms with Gasteiger partial charge in [0.25, 0.3) is 5.69 Å². The lowest BCUT2D eigenvalue weighted by Gasteiger charge is -2.27. The predicted molar refractivity (Wildman–Crippen MR) is 72.4 cm³/mol. The van der Waals surface area contributed by atoms with E-state index in [1.807, 2.05) is 6.92 Å². The number of halogens is 1. The molecular weight excluding hydrogens is 254 g/mol. The molecule has 1 fully saturated rings. The number of nitrogens with zero attached hydrogens (tertiary/aromatic N) is 1. The summed E-state index contributed by atoms with van der Waals surface area (Å²) < 4.78 is 0. The number of hydrogen-bond donors (Lipinski definition) is 2. The van der Waals surface area contributed by atoms with Crippen molar-refractivity contribution in [3.05, 3.63) is 32.8 Å². The summed E-state index contributed by atoms with van der Waals surface area (Å²) in [5.41, 5.74) is 1.62. The third-order valence-electron chi connectivity index (χ3n) is 3.30. The highest BCUT2D eigenvalue weighted by Gasteiger charge is 2.29. The summed E-state index contributed by atoms with van der Waals surface area (Å²) >= 11 is 5.93. The highest BCUT2D eigenvalue weighted by atomic mass is 35.5. The Morgan fingerprint density at radius 1 is 1.56 bits per heavy atom. The molecular formula is C12H16ClN3O2. The van der Waals surface area contributed by atoms with Gasteiger partial charge >= 0.3 is 0 Å². The van der Waals surface area contributed by atoms with Crippen molar-refractivity contribution >= 4 is 23.0 Å². The second kappa shape index (κ2) is 4.74. The van der Waals surface area contributed by atoms with Gasteiger partial charge in [-0.25, -0.2) is 0 Å². The molecule has 0 spiro atoms. The van der Waals surface area contributed by atoms with Crippen molar-refractivity contribution in [1.82, 2.24) is 5.32 Å². The van der Waals surface area contributed by atoms with E-state index < -0.39 is 4.92 Å². The van der Waals surface area contributed by atoms with Crippen LogP contribution in [0.15, 0.2) is 12.1 Å². The fourth-order valence-electron chi connectivity index (χ4n) is 2.19. The Morgan fingerprint density at radius 3 is 2.83 bits per heavy atom. The molecule has 1 heterocycles. The van der Waals surface area contributed by atoms with E-state index in [0.29, 0.717) is 0 Å². The lowest BCUT2D eigenvalue weighted by molar-refractivity contribution is -0.384. The number of nitro groups is 1. The van der Waals surface area contributed by atoms with Crippen LogP contribution in [0.1, 0.15) is 18.9 Å². The van der Waals surface area contributed by atoms with Gasteiger partial charge in [-0.05, 0) is 38.4 Å². The van der Waals surface area contributed by atoms with Crippen LogP contribution in [0.3, 0.4) is 0 Å². The molecule has 2 rings (SSSR count). The zero-order valence-electron chi connectivity index (χ0n) is 10.4. The predicted octanol–water partition coefficient (Wildman–Crippen LogP) is 2.72. The number of nitrogens with one attached hydrogen (secondary N) is 2. The molecule has 1 atom stereocenters. The number of hydrogen-bond acceptors (Lipinski definition) is 4. The molecule has 18 heavy (non-hydrogen) atoms. The van der Waals surface area contributed by atoms with E-state index in [2.05, 4.69) is 17.6 Å².